The van der Waals surface area contributed by atoms with E-state index >= 15 is 0 Å². The first kappa shape index (κ1) is 12.1. The van der Waals surface area contributed by atoms with Gasteiger partial charge in [0.25, 0.3) is 0 Å². The number of hydrogen-bond donors (Lipinski definition) is 0. The first-order valence-electron chi connectivity index (χ1n) is 6.39. The summed E-state index contributed by atoms with van der Waals surface area (Å²) < 4.78 is 0. The fourth-order valence-corrected chi connectivity index (χ4v) is 2.24. The zero-order valence-electron chi connectivity index (χ0n) is 10.8. The van der Waals surface area contributed by atoms with E-state index in [9.17, 15) is 5.26 Å². The number of aromatic nitrogens is 1. The van der Waals surface area contributed by atoms with Crippen LogP contribution in [0.1, 0.15) is 11.3 Å². The Hall–Kier alpha value is -2.92. The minimum Gasteiger partial charge on any atom is -0.257 e. The molecule has 0 bridgehead atoms. The average Bonchev–Trinajstić information content (AvgIpc) is 2.53. The standard InChI is InChI=1S/C18H12N2/c19-13-15(12-16-8-3-4-11-20-16)18-10-5-7-14-6-1-2-9-17(14)18/h1-12H/b15-12-. The third-order valence-corrected chi connectivity index (χ3v) is 3.18. The molecule has 3 aromatic rings. The van der Waals surface area contributed by atoms with Gasteiger partial charge in [0.2, 0.25) is 0 Å². The number of nitriles is 1. The largest absolute Gasteiger partial charge is 0.257 e. The summed E-state index contributed by atoms with van der Waals surface area (Å²) in [5.41, 5.74) is 2.36. The van der Waals surface area contributed by atoms with Gasteiger partial charge in [-0.2, -0.15) is 5.26 Å². The molecule has 0 saturated heterocycles. The van der Waals surface area contributed by atoms with Crippen LogP contribution in [0, 0.1) is 11.3 Å². The van der Waals surface area contributed by atoms with E-state index in [1.54, 1.807) is 6.20 Å². The van der Waals surface area contributed by atoms with Crippen LogP contribution >= 0.6 is 0 Å². The van der Waals surface area contributed by atoms with Gasteiger partial charge >= 0.3 is 0 Å². The van der Waals surface area contributed by atoms with Crippen LogP contribution in [0.2, 0.25) is 0 Å². The highest BCUT2D eigenvalue weighted by Crippen LogP contribution is 2.25. The fourth-order valence-electron chi connectivity index (χ4n) is 2.24. The summed E-state index contributed by atoms with van der Waals surface area (Å²) in [4.78, 5) is 4.24. The maximum atomic E-state index is 9.45. The van der Waals surface area contributed by atoms with E-state index in [-0.39, 0.29) is 0 Å². The summed E-state index contributed by atoms with van der Waals surface area (Å²) in [5.74, 6) is 0. The van der Waals surface area contributed by atoms with Crippen LogP contribution in [0.15, 0.2) is 66.9 Å². The number of pyridine rings is 1. The first-order valence-corrected chi connectivity index (χ1v) is 6.39. The molecule has 1 heterocycles. The number of benzene rings is 2. The van der Waals surface area contributed by atoms with E-state index in [0.29, 0.717) is 5.57 Å². The van der Waals surface area contributed by atoms with Crippen LogP contribution < -0.4 is 0 Å². The minimum atomic E-state index is 0.625. The molecule has 0 unspecified atom stereocenters. The van der Waals surface area contributed by atoms with Gasteiger partial charge in [-0.05, 0) is 29.0 Å². The third kappa shape index (κ3) is 2.30. The monoisotopic (exact) mass is 256 g/mol. The normalized spacial score (nSPS) is 11.2. The highest BCUT2D eigenvalue weighted by Gasteiger charge is 2.06. The summed E-state index contributed by atoms with van der Waals surface area (Å²) in [6.07, 6.45) is 3.55. The first-order chi connectivity index (χ1) is 9.88. The molecule has 0 aliphatic carbocycles. The van der Waals surface area contributed by atoms with Crippen LogP contribution in [0.5, 0.6) is 0 Å². The van der Waals surface area contributed by atoms with Gasteiger partial charge in [-0.1, -0.05) is 48.5 Å². The molecule has 0 spiro atoms. The minimum absolute atomic E-state index is 0.625. The van der Waals surface area contributed by atoms with Crippen molar-refractivity contribution in [1.29, 1.82) is 5.26 Å². The highest BCUT2D eigenvalue weighted by molar-refractivity contribution is 6.01. The molecule has 3 rings (SSSR count). The molecule has 94 valence electrons. The van der Waals surface area contributed by atoms with Gasteiger partial charge in [-0.25, -0.2) is 0 Å². The Morgan fingerprint density at radius 1 is 0.950 bits per heavy atom. The van der Waals surface area contributed by atoms with Crippen LogP contribution in [0.3, 0.4) is 0 Å². The second-order valence-corrected chi connectivity index (χ2v) is 4.45. The molecule has 2 nitrogen and oxygen atoms in total. The quantitative estimate of drug-likeness (QED) is 0.641. The molecule has 0 amide bonds. The van der Waals surface area contributed by atoms with Crippen molar-refractivity contribution >= 4 is 22.4 Å². The maximum Gasteiger partial charge on any atom is 0.0998 e. The van der Waals surface area contributed by atoms with Crippen molar-refractivity contribution < 1.29 is 0 Å². The summed E-state index contributed by atoms with van der Waals surface area (Å²) in [6.45, 7) is 0. The number of hydrogen-bond acceptors (Lipinski definition) is 2. The topological polar surface area (TPSA) is 36.7 Å². The molecular formula is C18H12N2. The lowest BCUT2D eigenvalue weighted by molar-refractivity contribution is 1.30. The lowest BCUT2D eigenvalue weighted by Gasteiger charge is -2.05. The van der Waals surface area contributed by atoms with E-state index in [1.165, 1.54) is 0 Å². The van der Waals surface area contributed by atoms with Gasteiger partial charge in [0, 0.05) is 11.8 Å². The van der Waals surface area contributed by atoms with E-state index in [0.717, 1.165) is 22.0 Å². The molecule has 2 heteroatoms. The second kappa shape index (κ2) is 5.38. The second-order valence-electron chi connectivity index (χ2n) is 4.45. The van der Waals surface area contributed by atoms with Gasteiger partial charge in [0.1, 0.15) is 0 Å². The Balaban J connectivity index is 2.18. The van der Waals surface area contributed by atoms with Gasteiger partial charge in [-0.15, -0.1) is 0 Å². The summed E-state index contributed by atoms with van der Waals surface area (Å²) in [7, 11) is 0. The predicted molar refractivity (Wildman–Crippen MR) is 81.7 cm³/mol. The Morgan fingerprint density at radius 3 is 2.55 bits per heavy atom. The Morgan fingerprint density at radius 2 is 1.75 bits per heavy atom. The highest BCUT2D eigenvalue weighted by atomic mass is 14.6. The zero-order chi connectivity index (χ0) is 13.8. The third-order valence-electron chi connectivity index (χ3n) is 3.18. The molecule has 0 aliphatic rings. The van der Waals surface area contributed by atoms with Crippen LogP contribution in [-0.4, -0.2) is 4.98 Å². The molecule has 0 fully saturated rings. The Bertz CT molecular complexity index is 806. The number of rotatable bonds is 2. The van der Waals surface area contributed by atoms with Crippen LogP contribution in [-0.2, 0) is 0 Å². The lowest BCUT2D eigenvalue weighted by Crippen LogP contribution is -1.86. The Labute approximate surface area is 117 Å². The van der Waals surface area contributed by atoms with Crippen molar-refractivity contribution in [3.63, 3.8) is 0 Å². The molecule has 1 aromatic heterocycles. The zero-order valence-corrected chi connectivity index (χ0v) is 10.8. The smallest absolute Gasteiger partial charge is 0.0998 e. The molecule has 2 aromatic carbocycles. The Kier molecular flexibility index (Phi) is 3.26. The molecule has 0 atom stereocenters. The molecule has 0 saturated carbocycles. The molecule has 0 N–H and O–H groups in total. The SMILES string of the molecule is N#C/C(=C/c1ccccn1)c1cccc2ccccc12. The van der Waals surface area contributed by atoms with Gasteiger partial charge in [0.05, 0.1) is 17.3 Å². The van der Waals surface area contributed by atoms with Crippen molar-refractivity contribution in [3.8, 4) is 6.07 Å². The predicted octanol–water partition coefficient (Wildman–Crippen LogP) is 4.30. The molecular weight excluding hydrogens is 244 g/mol. The number of allylic oxidation sites excluding steroid dienone is 1. The molecule has 0 aliphatic heterocycles. The van der Waals surface area contributed by atoms with E-state index < -0.39 is 0 Å². The summed E-state index contributed by atoms with van der Waals surface area (Å²) in [5, 5.41) is 11.7. The van der Waals surface area contributed by atoms with Crippen LogP contribution in [0.25, 0.3) is 22.4 Å². The molecule has 0 radical (unpaired) electrons. The van der Waals surface area contributed by atoms with Gasteiger partial charge < -0.3 is 0 Å². The number of nitrogens with zero attached hydrogens (tertiary/aromatic N) is 2. The summed E-state index contributed by atoms with van der Waals surface area (Å²) in [6, 6.07) is 22.0. The van der Waals surface area contributed by atoms with E-state index in [2.05, 4.69) is 23.2 Å². The van der Waals surface area contributed by atoms with Gasteiger partial charge in [0.15, 0.2) is 0 Å². The van der Waals surface area contributed by atoms with Crippen molar-refractivity contribution in [2.75, 3.05) is 0 Å². The molecule has 20 heavy (non-hydrogen) atoms. The van der Waals surface area contributed by atoms with Crippen molar-refractivity contribution in [2.24, 2.45) is 0 Å². The number of fused-ring (bicyclic) bond motifs is 1. The summed E-state index contributed by atoms with van der Waals surface area (Å²) >= 11 is 0. The van der Waals surface area contributed by atoms with Crippen molar-refractivity contribution in [2.45, 2.75) is 0 Å². The maximum absolute atomic E-state index is 9.45. The van der Waals surface area contributed by atoms with Gasteiger partial charge in [-0.3, -0.25) is 4.98 Å². The average molecular weight is 256 g/mol. The van der Waals surface area contributed by atoms with Crippen LogP contribution in [0.4, 0.5) is 0 Å². The van der Waals surface area contributed by atoms with E-state index in [1.807, 2.05) is 54.6 Å². The fraction of sp³-hybridized carbons (Fsp3) is 0. The van der Waals surface area contributed by atoms with E-state index in [4.69, 9.17) is 0 Å². The lowest BCUT2D eigenvalue weighted by atomic mass is 9.98. The van der Waals surface area contributed by atoms with Crippen molar-refractivity contribution in [1.82, 2.24) is 4.98 Å². The van der Waals surface area contributed by atoms with Crippen molar-refractivity contribution in [3.05, 3.63) is 78.1 Å².